The number of nitrogens with zero attached hydrogens (tertiary/aromatic N) is 1. The Morgan fingerprint density at radius 1 is 1.28 bits per heavy atom. The third kappa shape index (κ3) is 5.10. The molecule has 29 heavy (non-hydrogen) atoms. The van der Waals surface area contributed by atoms with E-state index in [-0.39, 0.29) is 22.7 Å². The molecule has 1 aromatic carbocycles. The summed E-state index contributed by atoms with van der Waals surface area (Å²) in [4.78, 5) is 18.4. The van der Waals surface area contributed by atoms with E-state index in [1.165, 1.54) is 0 Å². The first-order chi connectivity index (χ1) is 13.5. The van der Waals surface area contributed by atoms with Crippen LogP contribution in [0.25, 0.3) is 0 Å². The highest BCUT2D eigenvalue weighted by molar-refractivity contribution is 6.74. The molecule has 0 aliphatic carbocycles. The lowest BCUT2D eigenvalue weighted by Gasteiger charge is -2.45. The Balaban J connectivity index is 1.49. The first-order valence-corrected chi connectivity index (χ1v) is 13.8. The van der Waals surface area contributed by atoms with E-state index in [0.29, 0.717) is 18.2 Å². The molecule has 2 fully saturated rings. The van der Waals surface area contributed by atoms with E-state index < -0.39 is 8.32 Å². The Kier molecular flexibility index (Phi) is 6.58. The zero-order chi connectivity index (χ0) is 21.3. The molecule has 6 heteroatoms. The largest absolute Gasteiger partial charge is 0.462 e. The molecule has 5 nitrogen and oxygen atoms in total. The molecule has 0 saturated carbocycles. The molecule has 2 heterocycles. The van der Waals surface area contributed by atoms with Crippen molar-refractivity contribution < 1.29 is 18.8 Å². The summed E-state index contributed by atoms with van der Waals surface area (Å²) in [6, 6.07) is 9.53. The number of ether oxygens (including phenoxy) is 1. The van der Waals surface area contributed by atoms with E-state index in [4.69, 9.17) is 14.0 Å². The molecule has 0 spiro atoms. The molecule has 2 aliphatic heterocycles. The van der Waals surface area contributed by atoms with E-state index in [9.17, 15) is 4.79 Å². The molecule has 0 amide bonds. The smallest absolute Gasteiger partial charge is 0.338 e. The molecule has 2 saturated heterocycles. The SMILES string of the molecule is CC(C)(C)[Si](C)(C)O[C@@H]1CCN2O[C@]1(C)C[C@H]2CCCOC(=O)c1ccccc1. The van der Waals surface area contributed by atoms with Crippen molar-refractivity contribution in [2.45, 2.75) is 89.3 Å². The van der Waals surface area contributed by atoms with Crippen molar-refractivity contribution in [3.8, 4) is 0 Å². The Bertz CT molecular complexity index is 703. The Hall–Kier alpha value is -1.21. The van der Waals surface area contributed by atoms with Crippen molar-refractivity contribution in [2.24, 2.45) is 0 Å². The number of carbonyl (C=O) groups is 1. The highest BCUT2D eigenvalue weighted by Gasteiger charge is 2.53. The predicted molar refractivity (Wildman–Crippen MR) is 117 cm³/mol. The zero-order valence-corrected chi connectivity index (χ0v) is 19.9. The summed E-state index contributed by atoms with van der Waals surface area (Å²) >= 11 is 0. The van der Waals surface area contributed by atoms with E-state index >= 15 is 0 Å². The molecule has 2 bridgehead atoms. The van der Waals surface area contributed by atoms with E-state index in [2.05, 4.69) is 45.9 Å². The summed E-state index contributed by atoms with van der Waals surface area (Å²) in [5.74, 6) is -0.248. The quantitative estimate of drug-likeness (QED) is 0.346. The van der Waals surface area contributed by atoms with Crippen LogP contribution in [-0.4, -0.2) is 50.2 Å². The van der Waals surface area contributed by atoms with Crippen LogP contribution in [0.2, 0.25) is 18.1 Å². The molecule has 2 aliphatic rings. The second kappa shape index (κ2) is 8.50. The van der Waals surface area contributed by atoms with Crippen LogP contribution in [0, 0.1) is 0 Å². The van der Waals surface area contributed by atoms with Gasteiger partial charge in [0.05, 0.1) is 18.3 Å². The Labute approximate surface area is 176 Å². The van der Waals surface area contributed by atoms with Gasteiger partial charge in [-0.2, -0.15) is 5.06 Å². The summed E-state index contributed by atoms with van der Waals surface area (Å²) in [5.41, 5.74) is 0.355. The van der Waals surface area contributed by atoms with Gasteiger partial charge in [-0.3, -0.25) is 4.84 Å². The lowest BCUT2D eigenvalue weighted by atomic mass is 9.91. The maximum absolute atomic E-state index is 12.1. The van der Waals surface area contributed by atoms with Gasteiger partial charge in [0.2, 0.25) is 0 Å². The number of benzene rings is 1. The summed E-state index contributed by atoms with van der Waals surface area (Å²) in [6.45, 7) is 15.0. The number of hydrogen-bond acceptors (Lipinski definition) is 5. The standard InChI is InChI=1S/C23H37NO4Si/c1-22(2,3)29(5,6)27-20-14-15-24-19(17-23(20,4)28-24)13-10-16-26-21(25)18-11-8-7-9-12-18/h7-9,11-12,19-20H,10,13-17H2,1-6H3/t19-,20-,23-/m1/s1. The minimum absolute atomic E-state index is 0.153. The van der Waals surface area contributed by atoms with E-state index in [1.54, 1.807) is 12.1 Å². The van der Waals surface area contributed by atoms with E-state index in [0.717, 1.165) is 32.2 Å². The van der Waals surface area contributed by atoms with Gasteiger partial charge in [-0.25, -0.2) is 4.79 Å². The highest BCUT2D eigenvalue weighted by Crippen LogP contribution is 2.45. The molecular formula is C23H37NO4Si. The maximum atomic E-state index is 12.1. The third-order valence-electron chi connectivity index (χ3n) is 6.83. The lowest BCUT2D eigenvalue weighted by Crippen LogP contribution is -2.54. The van der Waals surface area contributed by atoms with Crippen LogP contribution in [0.4, 0.5) is 0 Å². The summed E-state index contributed by atoms with van der Waals surface area (Å²) < 4.78 is 12.2. The number of fused-ring (bicyclic) bond motifs is 2. The normalized spacial score (nSPS) is 29.7. The number of hydrogen-bond donors (Lipinski definition) is 0. The highest BCUT2D eigenvalue weighted by atomic mass is 28.4. The van der Waals surface area contributed by atoms with Crippen molar-refractivity contribution in [2.75, 3.05) is 13.2 Å². The van der Waals surface area contributed by atoms with Gasteiger partial charge in [-0.05, 0) is 62.9 Å². The lowest BCUT2D eigenvalue weighted by molar-refractivity contribution is -0.255. The summed E-state index contributed by atoms with van der Waals surface area (Å²) in [7, 11) is -1.83. The minimum Gasteiger partial charge on any atom is -0.462 e. The number of esters is 1. The van der Waals surface area contributed by atoms with Gasteiger partial charge in [0.25, 0.3) is 0 Å². The van der Waals surface area contributed by atoms with E-state index in [1.807, 2.05) is 18.2 Å². The van der Waals surface area contributed by atoms with Crippen LogP contribution in [0.3, 0.4) is 0 Å². The average Bonchev–Trinajstić information content (AvgIpc) is 2.92. The molecule has 1 unspecified atom stereocenters. The first kappa shape index (κ1) is 22.5. The zero-order valence-electron chi connectivity index (χ0n) is 18.9. The average molecular weight is 420 g/mol. The van der Waals surface area contributed by atoms with Gasteiger partial charge in [0, 0.05) is 12.6 Å². The monoisotopic (exact) mass is 419 g/mol. The first-order valence-electron chi connectivity index (χ1n) is 10.9. The number of rotatable bonds is 7. The minimum atomic E-state index is -1.83. The fourth-order valence-corrected chi connectivity index (χ4v) is 5.45. The van der Waals surface area contributed by atoms with Gasteiger partial charge in [-0.1, -0.05) is 39.0 Å². The van der Waals surface area contributed by atoms with Crippen LogP contribution in [-0.2, 0) is 14.0 Å². The molecule has 0 radical (unpaired) electrons. The van der Waals surface area contributed by atoms with Gasteiger partial charge in [0.15, 0.2) is 8.32 Å². The predicted octanol–water partition coefficient (Wildman–Crippen LogP) is 5.18. The van der Waals surface area contributed by atoms with Crippen LogP contribution in [0.1, 0.15) is 63.7 Å². The topological polar surface area (TPSA) is 48.0 Å². The number of hydroxylamine groups is 2. The van der Waals surface area contributed by atoms with Crippen LogP contribution in [0.5, 0.6) is 0 Å². The van der Waals surface area contributed by atoms with Gasteiger partial charge < -0.3 is 9.16 Å². The molecule has 162 valence electrons. The van der Waals surface area contributed by atoms with Crippen molar-refractivity contribution in [3.63, 3.8) is 0 Å². The Morgan fingerprint density at radius 3 is 2.62 bits per heavy atom. The molecule has 0 aromatic heterocycles. The summed E-state index contributed by atoms with van der Waals surface area (Å²) in [5, 5.41) is 2.34. The molecular weight excluding hydrogens is 382 g/mol. The second-order valence-corrected chi connectivity index (χ2v) is 15.0. The maximum Gasteiger partial charge on any atom is 0.338 e. The summed E-state index contributed by atoms with van der Waals surface area (Å²) in [6.07, 6.45) is 3.94. The fraction of sp³-hybridized carbons (Fsp3) is 0.696. The van der Waals surface area contributed by atoms with Gasteiger partial charge in [0.1, 0.15) is 5.60 Å². The van der Waals surface area contributed by atoms with Crippen molar-refractivity contribution in [1.29, 1.82) is 0 Å². The molecule has 0 N–H and O–H groups in total. The van der Waals surface area contributed by atoms with Crippen molar-refractivity contribution in [3.05, 3.63) is 35.9 Å². The van der Waals surface area contributed by atoms with Crippen molar-refractivity contribution in [1.82, 2.24) is 5.06 Å². The second-order valence-electron chi connectivity index (χ2n) is 10.2. The van der Waals surface area contributed by atoms with Crippen molar-refractivity contribution >= 4 is 14.3 Å². The molecule has 3 rings (SSSR count). The van der Waals surface area contributed by atoms with Gasteiger partial charge in [-0.15, -0.1) is 0 Å². The molecule has 4 atom stereocenters. The molecule has 1 aromatic rings. The third-order valence-corrected chi connectivity index (χ3v) is 11.3. The van der Waals surface area contributed by atoms with Gasteiger partial charge >= 0.3 is 5.97 Å². The fourth-order valence-electron chi connectivity index (χ4n) is 4.02. The van der Waals surface area contributed by atoms with Crippen LogP contribution >= 0.6 is 0 Å². The Morgan fingerprint density at radius 2 is 1.97 bits per heavy atom. The van der Waals surface area contributed by atoms with Crippen LogP contribution < -0.4 is 0 Å². The number of carbonyl (C=O) groups excluding carboxylic acids is 1. The van der Waals surface area contributed by atoms with Crippen LogP contribution in [0.15, 0.2) is 30.3 Å².